The van der Waals surface area contributed by atoms with Gasteiger partial charge in [-0.2, -0.15) is 5.06 Å². The van der Waals surface area contributed by atoms with E-state index in [1.807, 2.05) is 5.06 Å². The number of hydrogen-bond acceptors (Lipinski definition) is 6. The van der Waals surface area contributed by atoms with E-state index in [4.69, 9.17) is 10.6 Å². The molecular formula is C12H31N5O. The summed E-state index contributed by atoms with van der Waals surface area (Å²) in [6.45, 7) is 9.43. The third-order valence-corrected chi connectivity index (χ3v) is 2.53. The highest BCUT2D eigenvalue weighted by Crippen LogP contribution is 1.89. The minimum absolute atomic E-state index is 0.119. The standard InChI is InChI=1S/C12H31N5O/c1-4-7-14-12(15-8-6-13)16-9-11-17(18-3)10-5-2/h12,14-16H,4-11,13H2,1-3H3/t12-/m0/s1. The molecule has 0 aromatic rings. The molecule has 110 valence electrons. The summed E-state index contributed by atoms with van der Waals surface area (Å²) in [5.41, 5.74) is 5.50. The van der Waals surface area contributed by atoms with Gasteiger partial charge in [0.15, 0.2) is 0 Å². The Bertz CT molecular complexity index is 163. The molecular weight excluding hydrogens is 230 g/mol. The molecule has 0 radical (unpaired) electrons. The minimum Gasteiger partial charge on any atom is -0.329 e. The van der Waals surface area contributed by atoms with Crippen LogP contribution in [0.5, 0.6) is 0 Å². The topological polar surface area (TPSA) is 74.6 Å². The Morgan fingerprint density at radius 1 is 1.00 bits per heavy atom. The van der Waals surface area contributed by atoms with E-state index in [-0.39, 0.29) is 6.29 Å². The van der Waals surface area contributed by atoms with Crippen molar-refractivity contribution in [2.45, 2.75) is 33.0 Å². The van der Waals surface area contributed by atoms with Gasteiger partial charge in [0.2, 0.25) is 0 Å². The maximum absolute atomic E-state index is 5.50. The van der Waals surface area contributed by atoms with E-state index in [0.29, 0.717) is 6.54 Å². The second-order valence-corrected chi connectivity index (χ2v) is 4.20. The first-order valence-corrected chi connectivity index (χ1v) is 6.97. The van der Waals surface area contributed by atoms with Crippen LogP contribution in [0.3, 0.4) is 0 Å². The van der Waals surface area contributed by atoms with Gasteiger partial charge in [-0.05, 0) is 19.4 Å². The fraction of sp³-hybridized carbons (Fsp3) is 1.00. The lowest BCUT2D eigenvalue weighted by atomic mass is 10.4. The fourth-order valence-electron chi connectivity index (χ4n) is 1.61. The van der Waals surface area contributed by atoms with Gasteiger partial charge in [-0.15, -0.1) is 0 Å². The Balaban J connectivity index is 3.77. The summed E-state index contributed by atoms with van der Waals surface area (Å²) in [6.07, 6.45) is 2.33. The molecule has 0 spiro atoms. The molecule has 0 rings (SSSR count). The molecule has 0 aliphatic heterocycles. The molecule has 0 aliphatic carbocycles. The van der Waals surface area contributed by atoms with Crippen molar-refractivity contribution >= 4 is 0 Å². The monoisotopic (exact) mass is 261 g/mol. The Hall–Kier alpha value is -0.240. The van der Waals surface area contributed by atoms with Crippen LogP contribution in [0.4, 0.5) is 0 Å². The molecule has 0 unspecified atom stereocenters. The molecule has 1 atom stereocenters. The molecule has 18 heavy (non-hydrogen) atoms. The highest BCUT2D eigenvalue weighted by molar-refractivity contribution is 4.63. The van der Waals surface area contributed by atoms with Crippen molar-refractivity contribution in [3.05, 3.63) is 0 Å². The van der Waals surface area contributed by atoms with Crippen LogP contribution in [0.15, 0.2) is 0 Å². The predicted octanol–water partition coefficient (Wildman–Crippen LogP) is -0.319. The van der Waals surface area contributed by atoms with Gasteiger partial charge in [-0.1, -0.05) is 13.8 Å². The molecule has 0 fully saturated rings. The molecule has 0 heterocycles. The van der Waals surface area contributed by atoms with Gasteiger partial charge in [-0.3, -0.25) is 16.0 Å². The third kappa shape index (κ3) is 9.76. The van der Waals surface area contributed by atoms with Crippen LogP contribution in [0.25, 0.3) is 0 Å². The molecule has 0 bridgehead atoms. The lowest BCUT2D eigenvalue weighted by molar-refractivity contribution is -0.129. The zero-order valence-corrected chi connectivity index (χ0v) is 12.2. The smallest absolute Gasteiger partial charge is 0.112 e. The van der Waals surface area contributed by atoms with Crippen LogP contribution in [0.2, 0.25) is 0 Å². The largest absolute Gasteiger partial charge is 0.329 e. The van der Waals surface area contributed by atoms with E-state index in [2.05, 4.69) is 29.8 Å². The van der Waals surface area contributed by atoms with Crippen LogP contribution >= 0.6 is 0 Å². The minimum atomic E-state index is 0.119. The van der Waals surface area contributed by atoms with E-state index < -0.39 is 0 Å². The lowest BCUT2D eigenvalue weighted by Gasteiger charge is -2.24. The lowest BCUT2D eigenvalue weighted by Crippen LogP contribution is -2.55. The summed E-state index contributed by atoms with van der Waals surface area (Å²) in [6, 6.07) is 0. The first-order chi connectivity index (χ1) is 8.78. The van der Waals surface area contributed by atoms with Crippen molar-refractivity contribution in [3.63, 3.8) is 0 Å². The van der Waals surface area contributed by atoms with Crippen molar-refractivity contribution in [1.29, 1.82) is 0 Å². The highest BCUT2D eigenvalue weighted by atomic mass is 16.7. The summed E-state index contributed by atoms with van der Waals surface area (Å²) in [5.74, 6) is 0. The SMILES string of the molecule is CCCN[C@@H](NCCN)NCCN(CCC)OC. The summed E-state index contributed by atoms with van der Waals surface area (Å²) in [7, 11) is 1.72. The van der Waals surface area contributed by atoms with Gasteiger partial charge < -0.3 is 10.6 Å². The van der Waals surface area contributed by atoms with E-state index in [0.717, 1.165) is 45.6 Å². The molecule has 0 aliphatic rings. The Labute approximate surface area is 112 Å². The summed E-state index contributed by atoms with van der Waals surface area (Å²) in [5, 5.41) is 12.1. The van der Waals surface area contributed by atoms with E-state index in [1.54, 1.807) is 7.11 Å². The number of nitrogens with zero attached hydrogens (tertiary/aromatic N) is 1. The van der Waals surface area contributed by atoms with Crippen molar-refractivity contribution in [2.75, 3.05) is 46.4 Å². The molecule has 5 N–H and O–H groups in total. The summed E-state index contributed by atoms with van der Waals surface area (Å²) >= 11 is 0. The maximum atomic E-state index is 5.50. The highest BCUT2D eigenvalue weighted by Gasteiger charge is 2.06. The molecule has 6 nitrogen and oxygen atoms in total. The van der Waals surface area contributed by atoms with Crippen molar-refractivity contribution in [3.8, 4) is 0 Å². The molecule has 0 aromatic carbocycles. The van der Waals surface area contributed by atoms with Crippen LogP contribution in [-0.2, 0) is 4.84 Å². The number of hydroxylamine groups is 2. The quantitative estimate of drug-likeness (QED) is 0.269. The third-order valence-electron chi connectivity index (χ3n) is 2.53. The fourth-order valence-corrected chi connectivity index (χ4v) is 1.61. The zero-order valence-electron chi connectivity index (χ0n) is 12.2. The normalized spacial score (nSPS) is 13.2. The number of hydrogen-bond donors (Lipinski definition) is 4. The first kappa shape index (κ1) is 17.8. The Morgan fingerprint density at radius 2 is 1.67 bits per heavy atom. The van der Waals surface area contributed by atoms with Gasteiger partial charge in [0.25, 0.3) is 0 Å². The Morgan fingerprint density at radius 3 is 2.22 bits per heavy atom. The van der Waals surface area contributed by atoms with Crippen LogP contribution in [-0.4, -0.2) is 57.7 Å². The summed E-state index contributed by atoms with van der Waals surface area (Å²) in [4.78, 5) is 5.27. The van der Waals surface area contributed by atoms with Gasteiger partial charge in [0, 0.05) is 32.7 Å². The second kappa shape index (κ2) is 13.2. The molecule has 0 aromatic heterocycles. The Kier molecular flexibility index (Phi) is 13.0. The van der Waals surface area contributed by atoms with Crippen molar-refractivity contribution in [1.82, 2.24) is 21.0 Å². The summed E-state index contributed by atoms with van der Waals surface area (Å²) < 4.78 is 0. The van der Waals surface area contributed by atoms with Crippen LogP contribution < -0.4 is 21.7 Å². The van der Waals surface area contributed by atoms with E-state index >= 15 is 0 Å². The number of nitrogens with one attached hydrogen (secondary N) is 3. The number of rotatable bonds is 13. The van der Waals surface area contributed by atoms with Gasteiger partial charge in [0.05, 0.1) is 7.11 Å². The maximum Gasteiger partial charge on any atom is 0.112 e. The van der Waals surface area contributed by atoms with Crippen LogP contribution in [0.1, 0.15) is 26.7 Å². The predicted molar refractivity (Wildman–Crippen MR) is 76.0 cm³/mol. The molecule has 0 saturated carbocycles. The van der Waals surface area contributed by atoms with Crippen LogP contribution in [0, 0.1) is 0 Å². The van der Waals surface area contributed by atoms with E-state index in [1.165, 1.54) is 0 Å². The molecule has 6 heteroatoms. The van der Waals surface area contributed by atoms with Gasteiger partial charge >= 0.3 is 0 Å². The van der Waals surface area contributed by atoms with Crippen molar-refractivity contribution in [2.24, 2.45) is 5.73 Å². The zero-order chi connectivity index (χ0) is 13.6. The van der Waals surface area contributed by atoms with Gasteiger partial charge in [0.1, 0.15) is 6.29 Å². The number of nitrogens with two attached hydrogens (primary N) is 1. The first-order valence-electron chi connectivity index (χ1n) is 6.97. The average molecular weight is 261 g/mol. The molecule has 0 amide bonds. The van der Waals surface area contributed by atoms with Gasteiger partial charge in [-0.25, -0.2) is 0 Å². The molecule has 0 saturated heterocycles. The average Bonchev–Trinajstić information content (AvgIpc) is 2.40. The van der Waals surface area contributed by atoms with Crippen molar-refractivity contribution < 1.29 is 4.84 Å². The second-order valence-electron chi connectivity index (χ2n) is 4.20. The van der Waals surface area contributed by atoms with E-state index in [9.17, 15) is 0 Å².